The van der Waals surface area contributed by atoms with Gasteiger partial charge in [0, 0.05) is 12.2 Å². The molecule has 1 N–H and O–H groups in total. The molecule has 0 radical (unpaired) electrons. The van der Waals surface area contributed by atoms with Gasteiger partial charge in [-0.25, -0.2) is 9.59 Å². The number of ether oxygens (including phenoxy) is 1. The molecule has 0 aliphatic carbocycles. The van der Waals surface area contributed by atoms with Crippen molar-refractivity contribution in [3.05, 3.63) is 12.2 Å². The second-order valence-corrected chi connectivity index (χ2v) is 5.21. The highest BCUT2D eigenvalue weighted by molar-refractivity contribution is 5.90. The lowest BCUT2D eigenvalue weighted by molar-refractivity contribution is -0.138. The van der Waals surface area contributed by atoms with Gasteiger partial charge in [0.15, 0.2) is 0 Å². The Kier molecular flexibility index (Phi) is 7.26. The van der Waals surface area contributed by atoms with Gasteiger partial charge in [0.1, 0.15) is 0 Å². The summed E-state index contributed by atoms with van der Waals surface area (Å²) >= 11 is 0. The predicted octanol–water partition coefficient (Wildman–Crippen LogP) is 2.78. The third kappa shape index (κ3) is 12.6. The highest BCUT2D eigenvalue weighted by atomic mass is 16.5. The molecule has 0 aromatic carbocycles. The van der Waals surface area contributed by atoms with Crippen LogP contribution in [0.3, 0.4) is 0 Å². The van der Waals surface area contributed by atoms with E-state index in [1.54, 1.807) is 0 Å². The summed E-state index contributed by atoms with van der Waals surface area (Å²) in [5.74, 6) is -1.74. The van der Waals surface area contributed by atoms with E-state index in [-0.39, 0.29) is 0 Å². The van der Waals surface area contributed by atoms with Gasteiger partial charge in [-0.2, -0.15) is 0 Å². The molecule has 0 amide bonds. The number of carbonyl (C=O) groups is 2. The van der Waals surface area contributed by atoms with E-state index in [1.165, 1.54) is 0 Å². The third-order valence-corrected chi connectivity index (χ3v) is 2.18. The summed E-state index contributed by atoms with van der Waals surface area (Å²) in [7, 11) is 0. The highest BCUT2D eigenvalue weighted by Crippen LogP contribution is 2.21. The zero-order valence-electron chi connectivity index (χ0n) is 10.9. The zero-order valence-corrected chi connectivity index (χ0v) is 10.9. The Bertz CT molecular complexity index is 274. The summed E-state index contributed by atoms with van der Waals surface area (Å²) in [6.07, 6.45) is 5.82. The fourth-order valence-electron chi connectivity index (χ4n) is 1.29. The van der Waals surface area contributed by atoms with E-state index in [0.717, 1.165) is 37.8 Å². The molecule has 0 rings (SSSR count). The van der Waals surface area contributed by atoms with Crippen LogP contribution in [-0.4, -0.2) is 23.7 Å². The molecule has 4 heteroatoms. The molecule has 0 aliphatic rings. The molecule has 0 aliphatic heterocycles. The van der Waals surface area contributed by atoms with E-state index in [2.05, 4.69) is 20.8 Å². The minimum atomic E-state index is -1.15. The van der Waals surface area contributed by atoms with Crippen molar-refractivity contribution in [3.8, 4) is 0 Å². The van der Waals surface area contributed by atoms with Gasteiger partial charge >= 0.3 is 11.9 Å². The van der Waals surface area contributed by atoms with Gasteiger partial charge in [0.05, 0.1) is 6.61 Å². The maximum absolute atomic E-state index is 11.0. The van der Waals surface area contributed by atoms with Crippen molar-refractivity contribution in [2.45, 2.75) is 46.5 Å². The molecule has 0 saturated heterocycles. The van der Waals surface area contributed by atoms with Crippen molar-refractivity contribution in [1.82, 2.24) is 0 Å². The number of carboxylic acids is 1. The SMILES string of the molecule is CC(C)(C)CCCCCOC(=O)/C=C/C(=O)O. The van der Waals surface area contributed by atoms with Crippen LogP contribution in [0.5, 0.6) is 0 Å². The second kappa shape index (κ2) is 7.87. The van der Waals surface area contributed by atoms with Crippen LogP contribution in [0, 0.1) is 5.41 Å². The molecule has 0 aromatic heterocycles. The smallest absolute Gasteiger partial charge is 0.331 e. The molecule has 0 heterocycles. The lowest BCUT2D eigenvalue weighted by Gasteiger charge is -2.17. The Balaban J connectivity index is 3.46. The number of unbranched alkanes of at least 4 members (excludes halogenated alkanes) is 2. The van der Waals surface area contributed by atoms with Crippen molar-refractivity contribution < 1.29 is 19.4 Å². The lowest BCUT2D eigenvalue weighted by atomic mass is 9.89. The predicted molar refractivity (Wildman–Crippen MR) is 65.7 cm³/mol. The van der Waals surface area contributed by atoms with Crippen molar-refractivity contribution in [2.75, 3.05) is 6.61 Å². The minimum Gasteiger partial charge on any atom is -0.478 e. The maximum atomic E-state index is 11.0. The largest absolute Gasteiger partial charge is 0.478 e. The first-order valence-electron chi connectivity index (χ1n) is 5.89. The van der Waals surface area contributed by atoms with Crippen LogP contribution in [-0.2, 0) is 14.3 Å². The van der Waals surface area contributed by atoms with Gasteiger partial charge in [-0.15, -0.1) is 0 Å². The van der Waals surface area contributed by atoms with E-state index in [0.29, 0.717) is 12.0 Å². The number of aliphatic carboxylic acids is 1. The summed E-state index contributed by atoms with van der Waals surface area (Å²) in [6.45, 7) is 6.95. The summed E-state index contributed by atoms with van der Waals surface area (Å²) in [6, 6.07) is 0. The number of carbonyl (C=O) groups excluding carboxylic acids is 1. The van der Waals surface area contributed by atoms with Gasteiger partial charge in [0.25, 0.3) is 0 Å². The topological polar surface area (TPSA) is 63.6 Å². The minimum absolute atomic E-state index is 0.348. The fourth-order valence-corrected chi connectivity index (χ4v) is 1.29. The molecule has 0 fully saturated rings. The van der Waals surface area contributed by atoms with E-state index in [9.17, 15) is 9.59 Å². The molecular weight excluding hydrogens is 220 g/mol. The first kappa shape index (κ1) is 15.7. The Hall–Kier alpha value is -1.32. The molecule has 0 aromatic rings. The molecule has 4 nitrogen and oxygen atoms in total. The van der Waals surface area contributed by atoms with Crippen LogP contribution in [0.1, 0.15) is 46.5 Å². The average molecular weight is 242 g/mol. The standard InChI is InChI=1S/C13H22O4/c1-13(2,3)9-5-4-6-10-17-12(16)8-7-11(14)15/h7-8H,4-6,9-10H2,1-3H3,(H,14,15)/b8-7+. The van der Waals surface area contributed by atoms with Crippen LogP contribution in [0.15, 0.2) is 12.2 Å². The molecule has 0 atom stereocenters. The normalized spacial score (nSPS) is 11.7. The molecule has 0 bridgehead atoms. The van der Waals surface area contributed by atoms with Crippen LogP contribution < -0.4 is 0 Å². The van der Waals surface area contributed by atoms with E-state index < -0.39 is 11.9 Å². The van der Waals surface area contributed by atoms with Gasteiger partial charge in [-0.3, -0.25) is 0 Å². The maximum Gasteiger partial charge on any atom is 0.331 e. The fraction of sp³-hybridized carbons (Fsp3) is 0.692. The third-order valence-electron chi connectivity index (χ3n) is 2.18. The average Bonchev–Trinajstić information content (AvgIpc) is 2.18. The monoisotopic (exact) mass is 242 g/mol. The van der Waals surface area contributed by atoms with Gasteiger partial charge in [-0.05, 0) is 18.3 Å². The molecule has 17 heavy (non-hydrogen) atoms. The van der Waals surface area contributed by atoms with E-state index in [4.69, 9.17) is 9.84 Å². The van der Waals surface area contributed by atoms with Crippen LogP contribution >= 0.6 is 0 Å². The highest BCUT2D eigenvalue weighted by Gasteiger charge is 2.08. The Morgan fingerprint density at radius 1 is 1.12 bits per heavy atom. The Labute approximate surface area is 103 Å². The Morgan fingerprint density at radius 3 is 2.29 bits per heavy atom. The summed E-state index contributed by atoms with van der Waals surface area (Å²) in [4.78, 5) is 21.1. The van der Waals surface area contributed by atoms with E-state index >= 15 is 0 Å². The first-order valence-corrected chi connectivity index (χ1v) is 5.89. The molecule has 0 spiro atoms. The zero-order chi connectivity index (χ0) is 13.3. The van der Waals surface area contributed by atoms with Crippen molar-refractivity contribution in [1.29, 1.82) is 0 Å². The lowest BCUT2D eigenvalue weighted by Crippen LogP contribution is -2.06. The Morgan fingerprint density at radius 2 is 1.76 bits per heavy atom. The summed E-state index contributed by atoms with van der Waals surface area (Å²) in [5.41, 5.74) is 0.348. The molecule has 0 saturated carbocycles. The van der Waals surface area contributed by atoms with Crippen LogP contribution in [0.2, 0.25) is 0 Å². The van der Waals surface area contributed by atoms with Crippen LogP contribution in [0.4, 0.5) is 0 Å². The number of carboxylic acid groups (broad SMARTS) is 1. The molecule has 0 unspecified atom stereocenters. The number of hydrogen-bond acceptors (Lipinski definition) is 3. The quantitative estimate of drug-likeness (QED) is 0.423. The van der Waals surface area contributed by atoms with Crippen molar-refractivity contribution in [2.24, 2.45) is 5.41 Å². The number of hydrogen-bond donors (Lipinski definition) is 1. The van der Waals surface area contributed by atoms with Gasteiger partial charge in [0.2, 0.25) is 0 Å². The number of rotatable bonds is 7. The summed E-state index contributed by atoms with van der Waals surface area (Å²) < 4.78 is 4.84. The van der Waals surface area contributed by atoms with Gasteiger partial charge < -0.3 is 9.84 Å². The molecular formula is C13H22O4. The van der Waals surface area contributed by atoms with Crippen molar-refractivity contribution in [3.63, 3.8) is 0 Å². The van der Waals surface area contributed by atoms with Crippen LogP contribution in [0.25, 0.3) is 0 Å². The molecule has 98 valence electrons. The first-order chi connectivity index (χ1) is 7.81. The summed E-state index contributed by atoms with van der Waals surface area (Å²) in [5, 5.41) is 8.29. The second-order valence-electron chi connectivity index (χ2n) is 5.21. The van der Waals surface area contributed by atoms with Gasteiger partial charge in [-0.1, -0.05) is 33.6 Å². The van der Waals surface area contributed by atoms with Crippen molar-refractivity contribution >= 4 is 11.9 Å². The van der Waals surface area contributed by atoms with E-state index in [1.807, 2.05) is 0 Å². The number of esters is 1.